The van der Waals surface area contributed by atoms with Crippen molar-refractivity contribution in [3.05, 3.63) is 47.1 Å². The molecule has 0 amide bonds. The molecule has 0 spiro atoms. The van der Waals surface area contributed by atoms with Gasteiger partial charge in [-0.05, 0) is 24.6 Å². The Morgan fingerprint density at radius 1 is 1.25 bits per heavy atom. The van der Waals surface area contributed by atoms with Crippen LogP contribution in [0.2, 0.25) is 5.02 Å². The average Bonchev–Trinajstić information content (AvgIpc) is 2.26. The zero-order chi connectivity index (χ0) is 11.5. The van der Waals surface area contributed by atoms with Crippen molar-refractivity contribution in [3.8, 4) is 11.6 Å². The molecule has 3 nitrogen and oxygen atoms in total. The molecule has 0 aliphatic heterocycles. The Kier molecular flexibility index (Phi) is 2.97. The molecule has 0 fully saturated rings. The molecule has 1 aromatic heterocycles. The number of rotatable bonds is 2. The van der Waals surface area contributed by atoms with Crippen molar-refractivity contribution >= 4 is 17.3 Å². The highest BCUT2D eigenvalue weighted by molar-refractivity contribution is 6.30. The van der Waals surface area contributed by atoms with E-state index in [9.17, 15) is 0 Å². The molecule has 0 bridgehead atoms. The third kappa shape index (κ3) is 2.25. The number of pyridine rings is 1. The molecule has 0 saturated carbocycles. The number of halogens is 1. The van der Waals surface area contributed by atoms with Crippen LogP contribution in [0.3, 0.4) is 0 Å². The van der Waals surface area contributed by atoms with Crippen molar-refractivity contribution in [3.63, 3.8) is 0 Å². The van der Waals surface area contributed by atoms with Crippen LogP contribution in [-0.4, -0.2) is 4.98 Å². The summed E-state index contributed by atoms with van der Waals surface area (Å²) in [6, 6.07) is 9.03. The topological polar surface area (TPSA) is 48.1 Å². The molecule has 0 unspecified atom stereocenters. The average molecular weight is 235 g/mol. The van der Waals surface area contributed by atoms with Crippen molar-refractivity contribution in [2.24, 2.45) is 0 Å². The van der Waals surface area contributed by atoms with E-state index in [2.05, 4.69) is 4.98 Å². The molecule has 82 valence electrons. The fourth-order valence-corrected chi connectivity index (χ4v) is 1.45. The summed E-state index contributed by atoms with van der Waals surface area (Å²) in [5.41, 5.74) is 7.38. The second kappa shape index (κ2) is 4.41. The normalized spacial score (nSPS) is 10.1. The first-order valence-corrected chi connectivity index (χ1v) is 5.19. The predicted molar refractivity (Wildman–Crippen MR) is 64.9 cm³/mol. The lowest BCUT2D eigenvalue weighted by Crippen LogP contribution is -1.95. The van der Waals surface area contributed by atoms with Crippen molar-refractivity contribution in [2.45, 2.75) is 6.92 Å². The van der Waals surface area contributed by atoms with E-state index >= 15 is 0 Å². The quantitative estimate of drug-likeness (QED) is 0.810. The summed E-state index contributed by atoms with van der Waals surface area (Å²) in [7, 11) is 0. The van der Waals surface area contributed by atoms with E-state index in [-0.39, 0.29) is 0 Å². The maximum absolute atomic E-state index is 5.82. The first-order chi connectivity index (χ1) is 7.66. The highest BCUT2D eigenvalue weighted by atomic mass is 35.5. The van der Waals surface area contributed by atoms with E-state index in [1.54, 1.807) is 18.2 Å². The Morgan fingerprint density at radius 2 is 2.06 bits per heavy atom. The lowest BCUT2D eigenvalue weighted by atomic mass is 10.2. The number of nitrogens with two attached hydrogens (primary N) is 1. The number of nitrogens with zero attached hydrogens (tertiary/aromatic N) is 1. The number of aromatic nitrogens is 1. The molecule has 2 aromatic rings. The van der Waals surface area contributed by atoms with Gasteiger partial charge in [-0.15, -0.1) is 0 Å². The highest BCUT2D eigenvalue weighted by Crippen LogP contribution is 2.29. The third-order valence-corrected chi connectivity index (χ3v) is 2.37. The summed E-state index contributed by atoms with van der Waals surface area (Å²) in [5, 5.41) is 0.574. The molecule has 4 heteroatoms. The monoisotopic (exact) mass is 234 g/mol. The van der Waals surface area contributed by atoms with Gasteiger partial charge >= 0.3 is 0 Å². The molecular formula is C12H11ClN2O. The minimum atomic E-state index is 0.477. The SMILES string of the molecule is Cc1cccc(N)c1Oc1ccc(Cl)cn1. The molecule has 2 N–H and O–H groups in total. The van der Waals surface area contributed by atoms with Crippen LogP contribution in [-0.2, 0) is 0 Å². The summed E-state index contributed by atoms with van der Waals surface area (Å²) in [6.07, 6.45) is 1.53. The van der Waals surface area contributed by atoms with Crippen LogP contribution in [0.25, 0.3) is 0 Å². The van der Waals surface area contributed by atoms with Crippen molar-refractivity contribution in [2.75, 3.05) is 5.73 Å². The third-order valence-electron chi connectivity index (χ3n) is 2.15. The molecule has 1 aromatic carbocycles. The number of anilines is 1. The molecule has 16 heavy (non-hydrogen) atoms. The van der Waals surface area contributed by atoms with Crippen LogP contribution in [0, 0.1) is 6.92 Å². The largest absolute Gasteiger partial charge is 0.437 e. The van der Waals surface area contributed by atoms with Gasteiger partial charge in [0.2, 0.25) is 5.88 Å². The molecule has 0 aliphatic rings. The number of hydrogen-bond acceptors (Lipinski definition) is 3. The van der Waals surface area contributed by atoms with Crippen LogP contribution in [0.15, 0.2) is 36.5 Å². The summed E-state index contributed by atoms with van der Waals surface area (Å²) in [4.78, 5) is 4.05. The van der Waals surface area contributed by atoms with Crippen molar-refractivity contribution in [1.29, 1.82) is 0 Å². The van der Waals surface area contributed by atoms with Crippen LogP contribution in [0.5, 0.6) is 11.6 Å². The van der Waals surface area contributed by atoms with Crippen LogP contribution in [0.4, 0.5) is 5.69 Å². The molecule has 0 saturated heterocycles. The Balaban J connectivity index is 2.30. The van der Waals surface area contributed by atoms with E-state index in [4.69, 9.17) is 22.1 Å². The van der Waals surface area contributed by atoms with Crippen LogP contribution >= 0.6 is 11.6 Å². The van der Waals surface area contributed by atoms with Crippen molar-refractivity contribution in [1.82, 2.24) is 4.98 Å². The first-order valence-electron chi connectivity index (χ1n) is 4.81. The van der Waals surface area contributed by atoms with Gasteiger partial charge in [0.25, 0.3) is 0 Å². The smallest absolute Gasteiger partial charge is 0.219 e. The van der Waals surface area contributed by atoms with Gasteiger partial charge in [-0.2, -0.15) is 0 Å². The minimum absolute atomic E-state index is 0.477. The number of hydrogen-bond donors (Lipinski definition) is 1. The van der Waals surface area contributed by atoms with Gasteiger partial charge in [0, 0.05) is 12.3 Å². The number of nitrogen functional groups attached to an aromatic ring is 1. The number of ether oxygens (including phenoxy) is 1. The van der Waals surface area contributed by atoms with Gasteiger partial charge < -0.3 is 10.5 Å². The fraction of sp³-hybridized carbons (Fsp3) is 0.0833. The summed E-state index contributed by atoms with van der Waals surface area (Å²) in [6.45, 7) is 1.93. The maximum Gasteiger partial charge on any atom is 0.219 e. The van der Waals surface area contributed by atoms with Gasteiger partial charge in [0.05, 0.1) is 10.7 Å². The molecule has 1 heterocycles. The maximum atomic E-state index is 5.82. The Hall–Kier alpha value is -1.74. The lowest BCUT2D eigenvalue weighted by Gasteiger charge is -2.09. The standard InChI is InChI=1S/C12H11ClN2O/c1-8-3-2-4-10(14)12(8)16-11-6-5-9(13)7-15-11/h2-7H,14H2,1H3. The Labute approximate surface area is 98.8 Å². The molecule has 2 rings (SSSR count). The van der Waals surface area contributed by atoms with E-state index in [1.807, 2.05) is 19.1 Å². The second-order valence-corrected chi connectivity index (χ2v) is 3.85. The van der Waals surface area contributed by atoms with Crippen LogP contribution < -0.4 is 10.5 Å². The number of aryl methyl sites for hydroxylation is 1. The second-order valence-electron chi connectivity index (χ2n) is 3.41. The number of para-hydroxylation sites is 1. The molecular weight excluding hydrogens is 224 g/mol. The highest BCUT2D eigenvalue weighted by Gasteiger charge is 2.05. The molecule has 0 atom stereocenters. The summed E-state index contributed by atoms with van der Waals surface area (Å²) >= 11 is 5.73. The minimum Gasteiger partial charge on any atom is -0.437 e. The molecule has 0 aliphatic carbocycles. The Morgan fingerprint density at radius 3 is 2.69 bits per heavy atom. The lowest BCUT2D eigenvalue weighted by molar-refractivity contribution is 0.462. The van der Waals surface area contributed by atoms with E-state index in [1.165, 1.54) is 6.20 Å². The fourth-order valence-electron chi connectivity index (χ4n) is 1.34. The van der Waals surface area contributed by atoms with Gasteiger partial charge in [-0.3, -0.25) is 0 Å². The molecule has 0 radical (unpaired) electrons. The van der Waals surface area contributed by atoms with E-state index in [0.29, 0.717) is 22.3 Å². The summed E-state index contributed by atoms with van der Waals surface area (Å²) < 4.78 is 5.60. The Bertz CT molecular complexity index is 477. The van der Waals surface area contributed by atoms with Crippen molar-refractivity contribution < 1.29 is 4.74 Å². The predicted octanol–water partition coefficient (Wildman–Crippen LogP) is 3.42. The van der Waals surface area contributed by atoms with E-state index < -0.39 is 0 Å². The van der Waals surface area contributed by atoms with Gasteiger partial charge in [-0.1, -0.05) is 23.7 Å². The van der Waals surface area contributed by atoms with Gasteiger partial charge in [-0.25, -0.2) is 4.98 Å². The summed E-state index contributed by atoms with van der Waals surface area (Å²) in [5.74, 6) is 1.11. The van der Waals surface area contributed by atoms with Gasteiger partial charge in [0.1, 0.15) is 0 Å². The van der Waals surface area contributed by atoms with Gasteiger partial charge in [0.15, 0.2) is 5.75 Å². The first kappa shape index (κ1) is 10.8. The number of benzene rings is 1. The van der Waals surface area contributed by atoms with E-state index in [0.717, 1.165) is 5.56 Å². The zero-order valence-corrected chi connectivity index (χ0v) is 9.53. The zero-order valence-electron chi connectivity index (χ0n) is 8.77. The van der Waals surface area contributed by atoms with Crippen LogP contribution in [0.1, 0.15) is 5.56 Å².